The van der Waals surface area contributed by atoms with Crippen LogP contribution in [0.3, 0.4) is 0 Å². The van der Waals surface area contributed by atoms with Crippen LogP contribution in [-0.2, 0) is 4.74 Å². The minimum atomic E-state index is 0.451. The van der Waals surface area contributed by atoms with Crippen LogP contribution in [0.1, 0.15) is 19.8 Å². The average Bonchev–Trinajstić information content (AvgIpc) is 2.79. The molecule has 0 aromatic heterocycles. The molecule has 1 fully saturated rings. The van der Waals surface area contributed by atoms with Gasteiger partial charge in [0.1, 0.15) is 0 Å². The zero-order valence-electron chi connectivity index (χ0n) is 11.7. The highest BCUT2D eigenvalue weighted by molar-refractivity contribution is 4.68. The van der Waals surface area contributed by atoms with Gasteiger partial charge in [-0.15, -0.1) is 0 Å². The third-order valence-electron chi connectivity index (χ3n) is 3.40. The second-order valence-corrected chi connectivity index (χ2v) is 5.16. The van der Waals surface area contributed by atoms with E-state index in [9.17, 15) is 0 Å². The van der Waals surface area contributed by atoms with Crippen molar-refractivity contribution in [2.75, 3.05) is 60.0 Å². The molecular formula is C13H29N3O. The quantitative estimate of drug-likeness (QED) is 0.643. The number of nitrogens with one attached hydrogen (secondary N) is 1. The first-order valence-corrected chi connectivity index (χ1v) is 6.85. The van der Waals surface area contributed by atoms with Gasteiger partial charge in [-0.1, -0.05) is 0 Å². The molecule has 17 heavy (non-hydrogen) atoms. The first-order valence-electron chi connectivity index (χ1n) is 6.85. The van der Waals surface area contributed by atoms with Gasteiger partial charge in [0.25, 0.3) is 0 Å². The lowest BCUT2D eigenvalue weighted by molar-refractivity contribution is 0.169. The minimum Gasteiger partial charge on any atom is -0.383 e. The van der Waals surface area contributed by atoms with Gasteiger partial charge in [-0.2, -0.15) is 0 Å². The van der Waals surface area contributed by atoms with Crippen molar-refractivity contribution in [2.45, 2.75) is 25.8 Å². The van der Waals surface area contributed by atoms with Gasteiger partial charge in [0.05, 0.1) is 6.61 Å². The molecule has 4 heteroatoms. The lowest BCUT2D eigenvalue weighted by atomic mass is 10.3. The molecule has 0 spiro atoms. The number of likely N-dealkylation sites (N-methyl/N-ethyl adjacent to an activating group) is 1. The molecule has 0 aromatic rings. The van der Waals surface area contributed by atoms with Gasteiger partial charge >= 0.3 is 0 Å². The Bertz CT molecular complexity index is 184. The molecule has 1 atom stereocenters. The molecule has 0 radical (unpaired) electrons. The SMILES string of the molecule is COCC(C)NCCN(C)CCN1CCCC1. The molecular weight excluding hydrogens is 214 g/mol. The van der Waals surface area contributed by atoms with Crippen LogP contribution in [0.15, 0.2) is 0 Å². The van der Waals surface area contributed by atoms with Crippen LogP contribution in [0.2, 0.25) is 0 Å². The van der Waals surface area contributed by atoms with E-state index < -0.39 is 0 Å². The maximum Gasteiger partial charge on any atom is 0.0613 e. The van der Waals surface area contributed by atoms with Crippen molar-refractivity contribution in [3.8, 4) is 0 Å². The molecule has 1 rings (SSSR count). The summed E-state index contributed by atoms with van der Waals surface area (Å²) in [7, 11) is 3.96. The van der Waals surface area contributed by atoms with Crippen molar-refractivity contribution in [1.82, 2.24) is 15.1 Å². The van der Waals surface area contributed by atoms with Crippen LogP contribution in [0, 0.1) is 0 Å². The molecule has 1 aliphatic heterocycles. The van der Waals surface area contributed by atoms with E-state index in [1.807, 2.05) is 0 Å². The Kier molecular flexibility index (Phi) is 7.77. The molecule has 1 N–H and O–H groups in total. The number of nitrogens with zero attached hydrogens (tertiary/aromatic N) is 2. The molecule has 1 aliphatic rings. The molecule has 1 unspecified atom stereocenters. The van der Waals surface area contributed by atoms with E-state index in [0.29, 0.717) is 6.04 Å². The van der Waals surface area contributed by atoms with Gasteiger partial charge < -0.3 is 19.9 Å². The third-order valence-corrected chi connectivity index (χ3v) is 3.40. The molecule has 0 aliphatic carbocycles. The van der Waals surface area contributed by atoms with Gasteiger partial charge in [-0.3, -0.25) is 0 Å². The van der Waals surface area contributed by atoms with Crippen molar-refractivity contribution >= 4 is 0 Å². The van der Waals surface area contributed by atoms with Crippen molar-refractivity contribution in [3.05, 3.63) is 0 Å². The molecule has 0 aromatic carbocycles. The Morgan fingerprint density at radius 3 is 2.65 bits per heavy atom. The molecule has 1 heterocycles. The van der Waals surface area contributed by atoms with Gasteiger partial charge in [-0.05, 0) is 39.9 Å². The molecule has 0 bridgehead atoms. The summed E-state index contributed by atoms with van der Waals surface area (Å²) in [5, 5.41) is 3.46. The first-order chi connectivity index (χ1) is 8.22. The fourth-order valence-electron chi connectivity index (χ4n) is 2.24. The number of methoxy groups -OCH3 is 1. The molecule has 0 amide bonds. The number of ether oxygens (including phenoxy) is 1. The fraction of sp³-hybridized carbons (Fsp3) is 1.00. The zero-order chi connectivity index (χ0) is 12.5. The average molecular weight is 243 g/mol. The van der Waals surface area contributed by atoms with Crippen LogP contribution in [0.4, 0.5) is 0 Å². The van der Waals surface area contributed by atoms with Crippen LogP contribution in [-0.4, -0.2) is 75.9 Å². The molecule has 4 nitrogen and oxygen atoms in total. The normalized spacial score (nSPS) is 19.1. The summed E-state index contributed by atoms with van der Waals surface area (Å²) in [6.45, 7) is 10.1. The molecule has 1 saturated heterocycles. The summed E-state index contributed by atoms with van der Waals surface area (Å²) in [6, 6.07) is 0.451. The summed E-state index contributed by atoms with van der Waals surface area (Å²) in [5.74, 6) is 0. The number of hydrogen-bond donors (Lipinski definition) is 1. The van der Waals surface area contributed by atoms with Gasteiger partial charge in [0.15, 0.2) is 0 Å². The topological polar surface area (TPSA) is 27.7 Å². The Hall–Kier alpha value is -0.160. The Morgan fingerprint density at radius 1 is 1.29 bits per heavy atom. The first kappa shape index (κ1) is 14.9. The number of hydrogen-bond acceptors (Lipinski definition) is 4. The van der Waals surface area contributed by atoms with Gasteiger partial charge in [0, 0.05) is 39.3 Å². The predicted molar refractivity (Wildman–Crippen MR) is 72.5 cm³/mol. The van der Waals surface area contributed by atoms with E-state index in [1.54, 1.807) is 7.11 Å². The zero-order valence-corrected chi connectivity index (χ0v) is 11.7. The van der Waals surface area contributed by atoms with E-state index in [1.165, 1.54) is 39.0 Å². The van der Waals surface area contributed by atoms with Crippen LogP contribution >= 0.6 is 0 Å². The Balaban J connectivity index is 1.94. The highest BCUT2D eigenvalue weighted by Crippen LogP contribution is 2.06. The third kappa shape index (κ3) is 6.99. The van der Waals surface area contributed by atoms with Crippen LogP contribution < -0.4 is 5.32 Å². The van der Waals surface area contributed by atoms with Crippen molar-refractivity contribution in [1.29, 1.82) is 0 Å². The fourth-order valence-corrected chi connectivity index (χ4v) is 2.24. The summed E-state index contributed by atoms with van der Waals surface area (Å²) >= 11 is 0. The van der Waals surface area contributed by atoms with Crippen LogP contribution in [0.25, 0.3) is 0 Å². The summed E-state index contributed by atoms with van der Waals surface area (Å²) < 4.78 is 5.09. The Labute approximate surface area is 106 Å². The van der Waals surface area contributed by atoms with Crippen molar-refractivity contribution in [3.63, 3.8) is 0 Å². The lowest BCUT2D eigenvalue weighted by Gasteiger charge is -2.22. The second-order valence-electron chi connectivity index (χ2n) is 5.16. The van der Waals surface area contributed by atoms with E-state index in [4.69, 9.17) is 4.74 Å². The summed E-state index contributed by atoms with van der Waals surface area (Å²) in [5.41, 5.74) is 0. The van der Waals surface area contributed by atoms with Gasteiger partial charge in [-0.25, -0.2) is 0 Å². The Morgan fingerprint density at radius 2 is 2.00 bits per heavy atom. The monoisotopic (exact) mass is 243 g/mol. The van der Waals surface area contributed by atoms with E-state index in [0.717, 1.165) is 19.7 Å². The summed E-state index contributed by atoms with van der Waals surface area (Å²) in [4.78, 5) is 4.97. The van der Waals surface area contributed by atoms with Crippen molar-refractivity contribution in [2.24, 2.45) is 0 Å². The van der Waals surface area contributed by atoms with Crippen molar-refractivity contribution < 1.29 is 4.74 Å². The van der Waals surface area contributed by atoms with Crippen LogP contribution in [0.5, 0.6) is 0 Å². The van der Waals surface area contributed by atoms with E-state index >= 15 is 0 Å². The lowest BCUT2D eigenvalue weighted by Crippen LogP contribution is -2.38. The van der Waals surface area contributed by atoms with Gasteiger partial charge in [0.2, 0.25) is 0 Å². The smallest absolute Gasteiger partial charge is 0.0613 e. The molecule has 0 saturated carbocycles. The maximum absolute atomic E-state index is 5.09. The van der Waals surface area contributed by atoms with E-state index in [2.05, 4.69) is 29.1 Å². The molecule has 102 valence electrons. The predicted octanol–water partition coefficient (Wildman–Crippen LogP) is 0.639. The van der Waals surface area contributed by atoms with E-state index in [-0.39, 0.29) is 0 Å². The largest absolute Gasteiger partial charge is 0.383 e. The second kappa shape index (κ2) is 8.86. The minimum absolute atomic E-state index is 0.451. The number of rotatable bonds is 9. The highest BCUT2D eigenvalue weighted by Gasteiger charge is 2.11. The standard InChI is InChI=1S/C13H29N3O/c1-13(12-17-3)14-6-9-15(2)10-11-16-7-4-5-8-16/h13-14H,4-12H2,1-3H3. The number of likely N-dealkylation sites (tertiary alicyclic amines) is 1. The highest BCUT2D eigenvalue weighted by atomic mass is 16.5. The maximum atomic E-state index is 5.09. The summed E-state index contributed by atoms with van der Waals surface area (Å²) in [6.07, 6.45) is 2.78.